The fraction of sp³-hybridized carbons (Fsp3) is 0.312. The van der Waals surface area contributed by atoms with E-state index in [2.05, 4.69) is 28.5 Å². The van der Waals surface area contributed by atoms with Gasteiger partial charge >= 0.3 is 0 Å². The first-order chi connectivity index (χ1) is 9.63. The molecular formula is C16H17ClN2S. The number of aromatic nitrogens is 1. The van der Waals surface area contributed by atoms with Crippen molar-refractivity contribution in [2.75, 3.05) is 11.1 Å². The number of anilines is 1. The third-order valence-electron chi connectivity index (χ3n) is 3.57. The number of pyridine rings is 1. The van der Waals surface area contributed by atoms with Crippen LogP contribution in [0.1, 0.15) is 29.4 Å². The van der Waals surface area contributed by atoms with Crippen molar-refractivity contribution < 1.29 is 0 Å². The lowest BCUT2D eigenvalue weighted by molar-refractivity contribution is 0.726. The molecule has 0 saturated heterocycles. The molecule has 2 aromatic rings. The van der Waals surface area contributed by atoms with Gasteiger partial charge in [0.05, 0.1) is 17.4 Å². The zero-order chi connectivity index (χ0) is 14.1. The van der Waals surface area contributed by atoms with Gasteiger partial charge in [0.15, 0.2) is 0 Å². The number of hydrogen-bond acceptors (Lipinski definition) is 3. The van der Waals surface area contributed by atoms with Gasteiger partial charge < -0.3 is 5.32 Å². The van der Waals surface area contributed by atoms with Crippen molar-refractivity contribution in [3.63, 3.8) is 0 Å². The second-order valence-corrected chi connectivity index (χ2v) is 6.67. The number of aryl methyl sites for hydroxylation is 2. The van der Waals surface area contributed by atoms with E-state index in [0.717, 1.165) is 34.3 Å². The summed E-state index contributed by atoms with van der Waals surface area (Å²) < 4.78 is 0. The van der Waals surface area contributed by atoms with Crippen LogP contribution in [-0.4, -0.2) is 10.7 Å². The third kappa shape index (κ3) is 2.79. The average Bonchev–Trinajstić information content (AvgIpc) is 2.42. The van der Waals surface area contributed by atoms with Gasteiger partial charge in [0.1, 0.15) is 0 Å². The van der Waals surface area contributed by atoms with E-state index in [0.29, 0.717) is 6.04 Å². The van der Waals surface area contributed by atoms with Crippen molar-refractivity contribution in [2.24, 2.45) is 0 Å². The fourth-order valence-electron chi connectivity index (χ4n) is 2.54. The predicted octanol–water partition coefficient (Wildman–Crippen LogP) is 5.00. The highest BCUT2D eigenvalue weighted by molar-refractivity contribution is 7.99. The van der Waals surface area contributed by atoms with Crippen LogP contribution in [0.3, 0.4) is 0 Å². The number of rotatable bonds is 2. The summed E-state index contributed by atoms with van der Waals surface area (Å²) in [6, 6.07) is 10.6. The lowest BCUT2D eigenvalue weighted by atomic mass is 10.0. The van der Waals surface area contributed by atoms with Crippen LogP contribution < -0.4 is 5.32 Å². The summed E-state index contributed by atoms with van der Waals surface area (Å²) in [6.07, 6.45) is 1.10. The molecule has 1 aromatic carbocycles. The normalized spacial score (nSPS) is 17.6. The molecule has 104 valence electrons. The number of thioether (sulfide) groups is 1. The van der Waals surface area contributed by atoms with Crippen LogP contribution >= 0.6 is 23.4 Å². The SMILES string of the molecule is Cc1ccc(NC2CCSc3ccc(Cl)cc32)c(C)n1. The molecule has 1 N–H and O–H groups in total. The summed E-state index contributed by atoms with van der Waals surface area (Å²) in [5.74, 6) is 1.13. The van der Waals surface area contributed by atoms with Gasteiger partial charge in [0.2, 0.25) is 0 Å². The molecule has 0 radical (unpaired) electrons. The molecule has 0 amide bonds. The van der Waals surface area contributed by atoms with E-state index in [9.17, 15) is 0 Å². The summed E-state index contributed by atoms with van der Waals surface area (Å²) >= 11 is 8.05. The minimum Gasteiger partial charge on any atom is -0.377 e. The summed E-state index contributed by atoms with van der Waals surface area (Å²) in [5.41, 5.74) is 4.51. The Hall–Kier alpha value is -1.19. The molecule has 1 unspecified atom stereocenters. The van der Waals surface area contributed by atoms with Crippen molar-refractivity contribution in [1.29, 1.82) is 0 Å². The first-order valence-electron chi connectivity index (χ1n) is 6.76. The Bertz CT molecular complexity index is 642. The number of fused-ring (bicyclic) bond motifs is 1. The molecule has 0 fully saturated rings. The molecular weight excluding hydrogens is 288 g/mol. The van der Waals surface area contributed by atoms with Gasteiger partial charge in [-0.05, 0) is 56.2 Å². The van der Waals surface area contributed by atoms with Crippen molar-refractivity contribution in [1.82, 2.24) is 4.98 Å². The maximum Gasteiger partial charge on any atom is 0.0607 e. The average molecular weight is 305 g/mol. The first-order valence-corrected chi connectivity index (χ1v) is 8.13. The highest BCUT2D eigenvalue weighted by atomic mass is 35.5. The number of halogens is 1. The van der Waals surface area contributed by atoms with Gasteiger partial charge in [-0.3, -0.25) is 4.98 Å². The second kappa shape index (κ2) is 5.66. The van der Waals surface area contributed by atoms with Gasteiger partial charge in [-0.1, -0.05) is 11.6 Å². The van der Waals surface area contributed by atoms with Crippen LogP contribution in [0.2, 0.25) is 5.02 Å². The van der Waals surface area contributed by atoms with Crippen LogP contribution in [0.4, 0.5) is 5.69 Å². The molecule has 1 atom stereocenters. The zero-order valence-corrected chi connectivity index (χ0v) is 13.2. The van der Waals surface area contributed by atoms with E-state index in [4.69, 9.17) is 11.6 Å². The van der Waals surface area contributed by atoms with E-state index in [1.165, 1.54) is 10.5 Å². The monoisotopic (exact) mass is 304 g/mol. The van der Waals surface area contributed by atoms with Crippen LogP contribution in [-0.2, 0) is 0 Å². The van der Waals surface area contributed by atoms with E-state index in [1.54, 1.807) is 0 Å². The predicted molar refractivity (Wildman–Crippen MR) is 86.9 cm³/mol. The molecule has 2 heterocycles. The van der Waals surface area contributed by atoms with E-state index < -0.39 is 0 Å². The molecule has 1 aliphatic heterocycles. The minimum absolute atomic E-state index is 0.313. The van der Waals surface area contributed by atoms with Crippen molar-refractivity contribution in [3.8, 4) is 0 Å². The molecule has 0 spiro atoms. The van der Waals surface area contributed by atoms with Crippen LogP contribution in [0.25, 0.3) is 0 Å². The Kier molecular flexibility index (Phi) is 3.90. The number of nitrogens with one attached hydrogen (secondary N) is 1. The summed E-state index contributed by atoms with van der Waals surface area (Å²) in [5, 5.41) is 4.43. The third-order valence-corrected chi connectivity index (χ3v) is 4.92. The Morgan fingerprint density at radius 3 is 2.90 bits per heavy atom. The molecule has 20 heavy (non-hydrogen) atoms. The van der Waals surface area contributed by atoms with Crippen molar-refractivity contribution in [2.45, 2.75) is 31.2 Å². The summed E-state index contributed by atoms with van der Waals surface area (Å²) in [6.45, 7) is 4.06. The highest BCUT2D eigenvalue weighted by Gasteiger charge is 2.21. The second-order valence-electron chi connectivity index (χ2n) is 5.10. The van der Waals surface area contributed by atoms with Crippen molar-refractivity contribution in [3.05, 3.63) is 52.3 Å². The molecule has 1 aromatic heterocycles. The quantitative estimate of drug-likeness (QED) is 0.845. The Morgan fingerprint density at radius 2 is 2.10 bits per heavy atom. The molecule has 2 nitrogen and oxygen atoms in total. The summed E-state index contributed by atoms with van der Waals surface area (Å²) in [4.78, 5) is 5.85. The molecule has 3 rings (SSSR count). The fourth-order valence-corrected chi connectivity index (χ4v) is 3.83. The van der Waals surface area contributed by atoms with E-state index >= 15 is 0 Å². The maximum atomic E-state index is 6.15. The van der Waals surface area contributed by atoms with E-state index in [1.807, 2.05) is 37.7 Å². The van der Waals surface area contributed by atoms with Crippen LogP contribution in [0.15, 0.2) is 35.2 Å². The topological polar surface area (TPSA) is 24.9 Å². The van der Waals surface area contributed by atoms with Gasteiger partial charge in [-0.2, -0.15) is 0 Å². The molecule has 1 aliphatic rings. The Morgan fingerprint density at radius 1 is 1.25 bits per heavy atom. The molecule has 0 saturated carbocycles. The smallest absolute Gasteiger partial charge is 0.0607 e. The summed E-state index contributed by atoms with van der Waals surface area (Å²) in [7, 11) is 0. The lowest BCUT2D eigenvalue weighted by Gasteiger charge is -2.27. The van der Waals surface area contributed by atoms with Crippen LogP contribution in [0.5, 0.6) is 0 Å². The van der Waals surface area contributed by atoms with Gasteiger partial charge in [0.25, 0.3) is 0 Å². The Balaban J connectivity index is 1.91. The highest BCUT2D eigenvalue weighted by Crippen LogP contribution is 2.39. The molecule has 4 heteroatoms. The van der Waals surface area contributed by atoms with E-state index in [-0.39, 0.29) is 0 Å². The zero-order valence-electron chi connectivity index (χ0n) is 11.6. The number of benzene rings is 1. The number of nitrogens with zero attached hydrogens (tertiary/aromatic N) is 1. The molecule has 0 aliphatic carbocycles. The van der Waals surface area contributed by atoms with Crippen molar-refractivity contribution >= 4 is 29.1 Å². The molecule has 0 bridgehead atoms. The van der Waals surface area contributed by atoms with Gasteiger partial charge in [-0.15, -0.1) is 11.8 Å². The Labute approximate surface area is 129 Å². The van der Waals surface area contributed by atoms with Gasteiger partial charge in [-0.25, -0.2) is 0 Å². The lowest BCUT2D eigenvalue weighted by Crippen LogP contribution is -2.17. The standard InChI is InChI=1S/C16H17ClN2S/c1-10-3-5-14(11(2)18-10)19-15-7-8-20-16-6-4-12(17)9-13(15)16/h3-6,9,15,19H,7-8H2,1-2H3. The largest absolute Gasteiger partial charge is 0.377 e. The minimum atomic E-state index is 0.313. The van der Waals surface area contributed by atoms with Crippen LogP contribution in [0, 0.1) is 13.8 Å². The van der Waals surface area contributed by atoms with Gasteiger partial charge in [0, 0.05) is 21.4 Å². The first kappa shape index (κ1) is 13.8. The maximum absolute atomic E-state index is 6.15. The number of hydrogen-bond donors (Lipinski definition) is 1.